The molecular weight excluding hydrogens is 713 g/mol. The van der Waals surface area contributed by atoms with Crippen LogP contribution in [0, 0.1) is 0 Å². The van der Waals surface area contributed by atoms with Crippen LogP contribution in [0.1, 0.15) is 0 Å². The van der Waals surface area contributed by atoms with Crippen LogP contribution in [-0.2, 0) is 0 Å². The molecular formula is C53H34N2OS. The number of aromatic nitrogens is 1. The highest BCUT2D eigenvalue weighted by atomic mass is 32.1. The molecule has 268 valence electrons. The summed E-state index contributed by atoms with van der Waals surface area (Å²) in [5.74, 6) is 0. The van der Waals surface area contributed by atoms with Gasteiger partial charge in [0.25, 0.3) is 0 Å². The Morgan fingerprint density at radius 3 is 1.65 bits per heavy atom. The predicted octanol–water partition coefficient (Wildman–Crippen LogP) is 15.5. The van der Waals surface area contributed by atoms with E-state index in [2.05, 4.69) is 205 Å². The molecule has 0 aliphatic rings. The molecule has 11 rings (SSSR count). The number of hydrogen-bond donors (Lipinski definition) is 0. The fourth-order valence-electron chi connectivity index (χ4n) is 8.14. The van der Waals surface area contributed by atoms with E-state index in [1.807, 2.05) is 6.07 Å². The van der Waals surface area contributed by atoms with Crippen LogP contribution in [-0.4, -0.2) is 4.98 Å². The number of fused-ring (bicyclic) bond motifs is 6. The standard InChI is InChI=1S/C53H34N2OS/c1-4-12-35(13-5-1)36-20-25-41(26-21-36)55(48-32-30-43(38-14-6-2-7-15-38)44-18-10-11-19-45(44)48)42-27-22-37(23-28-42)40-24-29-46-50(34-40)56-49-33-31-47-52(51(46)49)57-53(54-47)39-16-8-3-9-17-39/h1-34H. The minimum absolute atomic E-state index is 0.874. The summed E-state index contributed by atoms with van der Waals surface area (Å²) in [7, 11) is 0. The van der Waals surface area contributed by atoms with Gasteiger partial charge in [0.1, 0.15) is 16.2 Å². The molecule has 0 aliphatic carbocycles. The molecule has 0 radical (unpaired) electrons. The van der Waals surface area contributed by atoms with E-state index >= 15 is 0 Å². The zero-order valence-electron chi connectivity index (χ0n) is 30.8. The Bertz CT molecular complexity index is 3210. The maximum Gasteiger partial charge on any atom is 0.137 e. The van der Waals surface area contributed by atoms with Crippen molar-refractivity contribution in [1.82, 2.24) is 4.98 Å². The first-order valence-corrected chi connectivity index (χ1v) is 20.0. The fourth-order valence-corrected chi connectivity index (χ4v) is 9.26. The second kappa shape index (κ2) is 13.8. The molecule has 4 heteroatoms. The van der Waals surface area contributed by atoms with Crippen LogP contribution < -0.4 is 4.90 Å². The molecule has 3 nitrogen and oxygen atoms in total. The molecule has 0 spiro atoms. The third-order valence-corrected chi connectivity index (χ3v) is 12.1. The summed E-state index contributed by atoms with van der Waals surface area (Å²) in [5, 5.41) is 5.66. The molecule has 0 aliphatic heterocycles. The van der Waals surface area contributed by atoms with E-state index in [0.29, 0.717) is 0 Å². The van der Waals surface area contributed by atoms with E-state index in [-0.39, 0.29) is 0 Å². The Kier molecular flexibility index (Phi) is 8.01. The average Bonchev–Trinajstić information content (AvgIpc) is 3.90. The maximum atomic E-state index is 6.51. The van der Waals surface area contributed by atoms with Crippen LogP contribution >= 0.6 is 11.3 Å². The second-order valence-electron chi connectivity index (χ2n) is 14.3. The molecule has 0 atom stereocenters. The molecule has 0 saturated heterocycles. The molecule has 2 heterocycles. The van der Waals surface area contributed by atoms with Crippen molar-refractivity contribution < 1.29 is 4.42 Å². The average molecular weight is 747 g/mol. The summed E-state index contributed by atoms with van der Waals surface area (Å²) in [4.78, 5) is 7.35. The van der Waals surface area contributed by atoms with Crippen molar-refractivity contribution in [1.29, 1.82) is 0 Å². The van der Waals surface area contributed by atoms with Crippen molar-refractivity contribution in [3.63, 3.8) is 0 Å². The zero-order chi connectivity index (χ0) is 37.7. The molecule has 0 amide bonds. The number of rotatable bonds is 7. The normalized spacial score (nSPS) is 11.5. The number of nitrogens with zero attached hydrogens (tertiary/aromatic N) is 2. The van der Waals surface area contributed by atoms with Crippen LogP contribution in [0.3, 0.4) is 0 Å². The Morgan fingerprint density at radius 1 is 0.404 bits per heavy atom. The van der Waals surface area contributed by atoms with Crippen molar-refractivity contribution >= 4 is 71.3 Å². The summed E-state index contributed by atoms with van der Waals surface area (Å²) in [6, 6.07) is 73.4. The first-order valence-electron chi connectivity index (χ1n) is 19.2. The number of furan rings is 1. The third-order valence-electron chi connectivity index (χ3n) is 10.9. The van der Waals surface area contributed by atoms with Crippen molar-refractivity contribution in [2.45, 2.75) is 0 Å². The lowest BCUT2D eigenvalue weighted by molar-refractivity contribution is 0.669. The smallest absolute Gasteiger partial charge is 0.137 e. The summed E-state index contributed by atoms with van der Waals surface area (Å²) in [5.41, 5.74) is 14.2. The lowest BCUT2D eigenvalue weighted by Gasteiger charge is -2.28. The van der Waals surface area contributed by atoms with Gasteiger partial charge in [0.05, 0.1) is 15.9 Å². The van der Waals surface area contributed by atoms with Gasteiger partial charge in [-0.25, -0.2) is 4.98 Å². The van der Waals surface area contributed by atoms with Gasteiger partial charge in [0.15, 0.2) is 0 Å². The van der Waals surface area contributed by atoms with Crippen LogP contribution in [0.4, 0.5) is 17.1 Å². The molecule has 0 bridgehead atoms. The molecule has 9 aromatic carbocycles. The topological polar surface area (TPSA) is 29.3 Å². The first-order chi connectivity index (χ1) is 28.2. The lowest BCUT2D eigenvalue weighted by Crippen LogP contribution is -2.10. The molecule has 0 saturated carbocycles. The van der Waals surface area contributed by atoms with Gasteiger partial charge in [-0.1, -0.05) is 152 Å². The number of thiazole rings is 1. The highest BCUT2D eigenvalue weighted by Gasteiger charge is 2.19. The quantitative estimate of drug-likeness (QED) is 0.163. The number of hydrogen-bond acceptors (Lipinski definition) is 4. The number of anilines is 3. The molecule has 11 aromatic rings. The van der Waals surface area contributed by atoms with Crippen LogP contribution in [0.15, 0.2) is 211 Å². The second-order valence-corrected chi connectivity index (χ2v) is 15.3. The van der Waals surface area contributed by atoms with Crippen LogP contribution in [0.25, 0.3) is 86.9 Å². The monoisotopic (exact) mass is 746 g/mol. The Hall–Kier alpha value is -7.27. The predicted molar refractivity (Wildman–Crippen MR) is 241 cm³/mol. The minimum atomic E-state index is 0.874. The van der Waals surface area contributed by atoms with Gasteiger partial charge in [-0.2, -0.15) is 0 Å². The van der Waals surface area contributed by atoms with E-state index in [4.69, 9.17) is 9.40 Å². The summed E-state index contributed by atoms with van der Waals surface area (Å²) in [6.07, 6.45) is 0. The molecule has 0 unspecified atom stereocenters. The summed E-state index contributed by atoms with van der Waals surface area (Å²) in [6.45, 7) is 0. The summed E-state index contributed by atoms with van der Waals surface area (Å²) >= 11 is 1.72. The zero-order valence-corrected chi connectivity index (χ0v) is 31.7. The van der Waals surface area contributed by atoms with E-state index in [1.165, 1.54) is 33.0 Å². The largest absolute Gasteiger partial charge is 0.456 e. The Morgan fingerprint density at radius 2 is 0.965 bits per heavy atom. The van der Waals surface area contributed by atoms with Gasteiger partial charge < -0.3 is 9.32 Å². The van der Waals surface area contributed by atoms with Gasteiger partial charge in [0.2, 0.25) is 0 Å². The van der Waals surface area contributed by atoms with Crippen LogP contribution in [0.5, 0.6) is 0 Å². The third kappa shape index (κ3) is 5.86. The van der Waals surface area contributed by atoms with Crippen molar-refractivity contribution in [2.75, 3.05) is 4.90 Å². The summed E-state index contributed by atoms with van der Waals surface area (Å²) < 4.78 is 7.67. The highest BCUT2D eigenvalue weighted by Crippen LogP contribution is 2.44. The molecule has 57 heavy (non-hydrogen) atoms. The van der Waals surface area contributed by atoms with Crippen molar-refractivity contribution in [2.24, 2.45) is 0 Å². The SMILES string of the molecule is c1ccc(-c2ccc(N(c3ccc(-c4ccc5c(c4)oc4ccc6nc(-c7ccccc7)sc6c45)cc3)c3ccc(-c4ccccc4)c4ccccc34)cc2)cc1. The minimum Gasteiger partial charge on any atom is -0.456 e. The van der Waals surface area contributed by atoms with Crippen molar-refractivity contribution in [3.8, 4) is 44.0 Å². The van der Waals surface area contributed by atoms with E-state index in [0.717, 1.165) is 70.9 Å². The van der Waals surface area contributed by atoms with Gasteiger partial charge >= 0.3 is 0 Å². The lowest BCUT2D eigenvalue weighted by atomic mass is 9.96. The van der Waals surface area contributed by atoms with Gasteiger partial charge in [-0.05, 0) is 93.4 Å². The molecule has 0 fully saturated rings. The fraction of sp³-hybridized carbons (Fsp3) is 0. The Labute approximate surface area is 334 Å². The van der Waals surface area contributed by atoms with E-state index in [1.54, 1.807) is 11.3 Å². The van der Waals surface area contributed by atoms with Crippen molar-refractivity contribution in [3.05, 3.63) is 206 Å². The van der Waals surface area contributed by atoms with E-state index in [9.17, 15) is 0 Å². The first kappa shape index (κ1) is 33.1. The van der Waals surface area contributed by atoms with Crippen LogP contribution in [0.2, 0.25) is 0 Å². The molecule has 2 aromatic heterocycles. The van der Waals surface area contributed by atoms with E-state index < -0.39 is 0 Å². The molecule has 0 N–H and O–H groups in total. The van der Waals surface area contributed by atoms with Gasteiger partial charge in [0, 0.05) is 33.1 Å². The van der Waals surface area contributed by atoms with Gasteiger partial charge in [-0.3, -0.25) is 0 Å². The number of benzene rings is 9. The Balaban J connectivity index is 0.998. The highest BCUT2D eigenvalue weighted by molar-refractivity contribution is 7.22. The maximum absolute atomic E-state index is 6.51. The van der Waals surface area contributed by atoms with Gasteiger partial charge in [-0.15, -0.1) is 11.3 Å².